The number of Topliss-reactive ketones (excluding diaryl/α,β-unsaturated/α-hetero) is 1. The summed E-state index contributed by atoms with van der Waals surface area (Å²) in [6.45, 7) is 0. The van der Waals surface area contributed by atoms with E-state index in [4.69, 9.17) is 0 Å². The molecule has 3 aromatic heterocycles. The van der Waals surface area contributed by atoms with Gasteiger partial charge in [0.25, 0.3) is 0 Å². The van der Waals surface area contributed by atoms with Crippen LogP contribution >= 0.6 is 11.3 Å². The van der Waals surface area contributed by atoms with E-state index >= 15 is 4.39 Å². The Labute approximate surface area is 185 Å². The van der Waals surface area contributed by atoms with Gasteiger partial charge in [0.1, 0.15) is 29.3 Å². The van der Waals surface area contributed by atoms with Crippen molar-refractivity contribution in [2.75, 3.05) is 0 Å². The highest BCUT2D eigenvalue weighted by Crippen LogP contribution is 2.35. The predicted octanol–water partition coefficient (Wildman–Crippen LogP) is 4.55. The topological polar surface area (TPSA) is 81.0 Å². The molecule has 1 aromatic carbocycles. The third-order valence-corrected chi connectivity index (χ3v) is 6.03. The zero-order chi connectivity index (χ0) is 22.1. The minimum absolute atomic E-state index is 0.0983. The molecule has 4 aromatic rings. The summed E-state index contributed by atoms with van der Waals surface area (Å²) in [4.78, 5) is 34.0. The van der Waals surface area contributed by atoms with Gasteiger partial charge in [-0.2, -0.15) is 0 Å². The molecule has 0 bridgehead atoms. The van der Waals surface area contributed by atoms with E-state index in [0.717, 1.165) is 5.69 Å². The molecular formula is C23H15F2N5OS. The molecule has 0 spiro atoms. The van der Waals surface area contributed by atoms with E-state index in [1.165, 1.54) is 41.5 Å². The van der Waals surface area contributed by atoms with Crippen LogP contribution < -0.4 is 0 Å². The van der Waals surface area contributed by atoms with E-state index in [-0.39, 0.29) is 29.8 Å². The van der Waals surface area contributed by atoms with Crippen molar-refractivity contribution in [2.24, 2.45) is 4.99 Å². The van der Waals surface area contributed by atoms with Crippen LogP contribution in [-0.2, 0) is 19.3 Å². The first-order valence-corrected chi connectivity index (χ1v) is 10.7. The van der Waals surface area contributed by atoms with Gasteiger partial charge in [-0.25, -0.2) is 18.7 Å². The summed E-state index contributed by atoms with van der Waals surface area (Å²) in [5.41, 5.74) is 4.63. The maximum atomic E-state index is 15.3. The van der Waals surface area contributed by atoms with Gasteiger partial charge in [-0.05, 0) is 23.8 Å². The van der Waals surface area contributed by atoms with Crippen molar-refractivity contribution in [3.05, 3.63) is 87.5 Å². The van der Waals surface area contributed by atoms with E-state index in [9.17, 15) is 9.18 Å². The van der Waals surface area contributed by atoms with Crippen LogP contribution in [0, 0.1) is 11.6 Å². The zero-order valence-corrected chi connectivity index (χ0v) is 17.4. The molecule has 1 aliphatic heterocycles. The van der Waals surface area contributed by atoms with Crippen molar-refractivity contribution in [1.82, 2.24) is 19.9 Å². The predicted molar refractivity (Wildman–Crippen MR) is 116 cm³/mol. The number of carbonyl (C=O) groups is 1. The number of aromatic nitrogens is 4. The van der Waals surface area contributed by atoms with Gasteiger partial charge in [-0.3, -0.25) is 19.8 Å². The Morgan fingerprint density at radius 2 is 2.03 bits per heavy atom. The van der Waals surface area contributed by atoms with Crippen molar-refractivity contribution in [3.63, 3.8) is 0 Å². The van der Waals surface area contributed by atoms with Gasteiger partial charge in [-0.1, -0.05) is 6.07 Å². The lowest BCUT2D eigenvalue weighted by Gasteiger charge is -2.13. The van der Waals surface area contributed by atoms with Gasteiger partial charge in [-0.15, -0.1) is 11.3 Å². The maximum Gasteiger partial charge on any atom is 0.178 e. The van der Waals surface area contributed by atoms with Crippen LogP contribution in [0.1, 0.15) is 32.2 Å². The number of rotatable bonds is 6. The Balaban J connectivity index is 1.51. The van der Waals surface area contributed by atoms with Gasteiger partial charge >= 0.3 is 0 Å². The number of nitrogens with zero attached hydrogens (tertiary/aromatic N) is 5. The standard InChI is InChI=1S/C23H15F2N5OS/c24-16-4-3-13(8-19(31)20-10-26-12-32-20)21(25)15(16)9-18-14(2-1-6-27-18)22-23-17(5-7-28-23)29-11-30-22/h1-4,6-7,10-12H,5,8-9H2. The summed E-state index contributed by atoms with van der Waals surface area (Å²) in [5.74, 6) is -1.71. The van der Waals surface area contributed by atoms with E-state index in [0.29, 0.717) is 33.9 Å². The SMILES string of the molecule is O=C(Cc1ccc(F)c(Cc2ncccc2-c2ncnc3c2N=CC3)c1F)c1cncs1. The Morgan fingerprint density at radius 3 is 2.88 bits per heavy atom. The van der Waals surface area contributed by atoms with Crippen molar-refractivity contribution in [1.29, 1.82) is 0 Å². The second-order valence-electron chi connectivity index (χ2n) is 7.17. The van der Waals surface area contributed by atoms with E-state index in [2.05, 4.69) is 24.9 Å². The smallest absolute Gasteiger partial charge is 0.178 e. The number of halogens is 2. The molecule has 4 heterocycles. The third-order valence-electron chi connectivity index (χ3n) is 5.22. The second-order valence-corrected chi connectivity index (χ2v) is 8.06. The van der Waals surface area contributed by atoms with Gasteiger partial charge in [0.05, 0.1) is 21.8 Å². The minimum Gasteiger partial charge on any atom is -0.293 e. The molecule has 0 aliphatic carbocycles. The molecule has 0 amide bonds. The molecule has 0 saturated heterocycles. The molecule has 1 aliphatic rings. The number of aliphatic imine (C=N–C) groups is 1. The first kappa shape index (κ1) is 20.2. The van der Waals surface area contributed by atoms with Crippen molar-refractivity contribution in [2.45, 2.75) is 19.3 Å². The van der Waals surface area contributed by atoms with Crippen molar-refractivity contribution in [3.8, 4) is 11.3 Å². The largest absolute Gasteiger partial charge is 0.293 e. The number of thiazole rings is 1. The van der Waals surface area contributed by atoms with Crippen LogP contribution in [0.5, 0.6) is 0 Å². The molecule has 0 radical (unpaired) electrons. The number of benzene rings is 1. The fourth-order valence-electron chi connectivity index (χ4n) is 3.64. The summed E-state index contributed by atoms with van der Waals surface area (Å²) in [5, 5.41) is 0. The fourth-order valence-corrected chi connectivity index (χ4v) is 4.20. The highest BCUT2D eigenvalue weighted by atomic mass is 32.1. The van der Waals surface area contributed by atoms with Crippen molar-refractivity contribution >= 4 is 29.0 Å². The van der Waals surface area contributed by atoms with E-state index < -0.39 is 11.6 Å². The van der Waals surface area contributed by atoms with E-state index in [1.54, 1.807) is 24.5 Å². The lowest BCUT2D eigenvalue weighted by molar-refractivity contribution is 0.0995. The lowest BCUT2D eigenvalue weighted by atomic mass is 9.97. The molecule has 5 rings (SSSR count). The van der Waals surface area contributed by atoms with Gasteiger partial charge < -0.3 is 0 Å². The molecule has 9 heteroatoms. The molecule has 0 saturated carbocycles. The summed E-state index contributed by atoms with van der Waals surface area (Å²) in [7, 11) is 0. The average molecular weight is 447 g/mol. The van der Waals surface area contributed by atoms with Crippen LogP contribution in [0.4, 0.5) is 14.5 Å². The molecule has 6 nitrogen and oxygen atoms in total. The average Bonchev–Trinajstić information content (AvgIpc) is 3.51. The summed E-state index contributed by atoms with van der Waals surface area (Å²) < 4.78 is 30.0. The number of hydrogen-bond acceptors (Lipinski definition) is 7. The molecule has 0 N–H and O–H groups in total. The number of ketones is 1. The highest BCUT2D eigenvalue weighted by molar-refractivity contribution is 7.11. The minimum atomic E-state index is -0.745. The van der Waals surface area contributed by atoms with Gasteiger partial charge in [0.2, 0.25) is 0 Å². The molecule has 0 unspecified atom stereocenters. The number of carbonyl (C=O) groups excluding carboxylic acids is 1. The Hall–Kier alpha value is -3.72. The molecule has 0 fully saturated rings. The fraction of sp³-hybridized carbons (Fsp3) is 0.130. The van der Waals surface area contributed by atoms with E-state index in [1.807, 2.05) is 0 Å². The van der Waals surface area contributed by atoms with Crippen LogP contribution in [0.15, 0.2) is 53.5 Å². The number of pyridine rings is 1. The first-order valence-electron chi connectivity index (χ1n) is 9.80. The van der Waals surface area contributed by atoms with Crippen LogP contribution in [0.25, 0.3) is 11.3 Å². The quantitative estimate of drug-likeness (QED) is 0.405. The number of hydrogen-bond donors (Lipinski definition) is 0. The van der Waals surface area contributed by atoms with Gasteiger partial charge in [0.15, 0.2) is 5.78 Å². The molecular weight excluding hydrogens is 432 g/mol. The summed E-state index contributed by atoms with van der Waals surface area (Å²) >= 11 is 1.18. The Morgan fingerprint density at radius 1 is 1.12 bits per heavy atom. The third kappa shape index (κ3) is 3.71. The van der Waals surface area contributed by atoms with Crippen LogP contribution in [0.3, 0.4) is 0 Å². The highest BCUT2D eigenvalue weighted by Gasteiger charge is 2.22. The monoisotopic (exact) mass is 447 g/mol. The van der Waals surface area contributed by atoms with Crippen LogP contribution in [-0.4, -0.2) is 31.9 Å². The van der Waals surface area contributed by atoms with Gasteiger partial charge in [0, 0.05) is 49.0 Å². The molecule has 32 heavy (non-hydrogen) atoms. The molecule has 0 atom stereocenters. The normalized spacial score (nSPS) is 12.2. The number of fused-ring (bicyclic) bond motifs is 1. The van der Waals surface area contributed by atoms with Crippen LogP contribution in [0.2, 0.25) is 0 Å². The summed E-state index contributed by atoms with van der Waals surface area (Å²) in [6.07, 6.45) is 6.55. The molecule has 158 valence electrons. The zero-order valence-electron chi connectivity index (χ0n) is 16.6. The summed E-state index contributed by atoms with van der Waals surface area (Å²) in [6, 6.07) is 6.02. The lowest BCUT2D eigenvalue weighted by Crippen LogP contribution is -2.08. The maximum absolute atomic E-state index is 15.3. The Bertz CT molecular complexity index is 1350. The Kier molecular flexibility index (Phi) is 5.32. The van der Waals surface area contributed by atoms with Crippen molar-refractivity contribution < 1.29 is 13.6 Å². The second kappa shape index (κ2) is 8.43. The first-order chi connectivity index (χ1) is 15.6.